The zero-order valence-corrected chi connectivity index (χ0v) is 14.8. The quantitative estimate of drug-likeness (QED) is 0.806. The molecule has 0 spiro atoms. The molecule has 0 saturated carbocycles. The number of oxazole rings is 1. The standard InChI is InChI=1S/C18H21N3O5/c1-13(22)19-7-9-20(10-8-19)17(23)12-21-11-16(26-18(21)24)14-3-5-15(25-2)6-4-14/h3-6,11H,7-10,12H2,1-2H3. The Balaban J connectivity index is 1.67. The van der Waals surface area contributed by atoms with Gasteiger partial charge in [0, 0.05) is 38.7 Å². The van der Waals surface area contributed by atoms with Crippen LogP contribution in [0.1, 0.15) is 6.92 Å². The number of carbonyl (C=O) groups excluding carboxylic acids is 2. The van der Waals surface area contributed by atoms with Crippen molar-refractivity contribution in [1.29, 1.82) is 0 Å². The van der Waals surface area contributed by atoms with Gasteiger partial charge in [0.25, 0.3) is 0 Å². The highest BCUT2D eigenvalue weighted by atomic mass is 16.5. The second-order valence-corrected chi connectivity index (χ2v) is 6.10. The van der Waals surface area contributed by atoms with E-state index in [0.717, 1.165) is 5.56 Å². The fourth-order valence-corrected chi connectivity index (χ4v) is 2.89. The van der Waals surface area contributed by atoms with Crippen LogP contribution in [0.15, 0.2) is 39.7 Å². The minimum atomic E-state index is -0.577. The lowest BCUT2D eigenvalue weighted by atomic mass is 10.2. The monoisotopic (exact) mass is 359 g/mol. The lowest BCUT2D eigenvalue weighted by Gasteiger charge is -2.34. The van der Waals surface area contributed by atoms with Crippen molar-refractivity contribution in [1.82, 2.24) is 14.4 Å². The third-order valence-electron chi connectivity index (χ3n) is 4.46. The summed E-state index contributed by atoms with van der Waals surface area (Å²) in [6, 6.07) is 7.10. The van der Waals surface area contributed by atoms with Gasteiger partial charge in [0.15, 0.2) is 5.76 Å². The SMILES string of the molecule is COc1ccc(-c2cn(CC(=O)N3CCN(C(C)=O)CC3)c(=O)o2)cc1. The highest BCUT2D eigenvalue weighted by molar-refractivity contribution is 5.77. The van der Waals surface area contributed by atoms with Crippen molar-refractivity contribution in [2.45, 2.75) is 13.5 Å². The fraction of sp³-hybridized carbons (Fsp3) is 0.389. The number of hydrogen-bond donors (Lipinski definition) is 0. The minimum absolute atomic E-state index is 0.00675. The maximum atomic E-state index is 12.4. The molecule has 1 aromatic heterocycles. The summed E-state index contributed by atoms with van der Waals surface area (Å²) in [5.41, 5.74) is 0.726. The van der Waals surface area contributed by atoms with Gasteiger partial charge < -0.3 is 19.0 Å². The third kappa shape index (κ3) is 3.79. The van der Waals surface area contributed by atoms with Gasteiger partial charge in [-0.2, -0.15) is 0 Å². The molecule has 1 saturated heterocycles. The molecule has 2 amide bonds. The van der Waals surface area contributed by atoms with Gasteiger partial charge in [0.2, 0.25) is 11.8 Å². The molecule has 0 N–H and O–H groups in total. The van der Waals surface area contributed by atoms with Crippen molar-refractivity contribution < 1.29 is 18.7 Å². The zero-order chi connectivity index (χ0) is 18.7. The van der Waals surface area contributed by atoms with Crippen molar-refractivity contribution in [3.8, 4) is 17.1 Å². The number of rotatable bonds is 4. The zero-order valence-electron chi connectivity index (χ0n) is 14.8. The summed E-state index contributed by atoms with van der Waals surface area (Å²) in [4.78, 5) is 39.2. The van der Waals surface area contributed by atoms with E-state index in [2.05, 4.69) is 0 Å². The van der Waals surface area contributed by atoms with Crippen molar-refractivity contribution >= 4 is 11.8 Å². The van der Waals surface area contributed by atoms with E-state index in [9.17, 15) is 14.4 Å². The highest BCUT2D eigenvalue weighted by Crippen LogP contribution is 2.21. The molecule has 0 unspecified atom stereocenters. The number of hydrogen-bond acceptors (Lipinski definition) is 5. The van der Waals surface area contributed by atoms with E-state index in [1.807, 2.05) is 0 Å². The average Bonchev–Trinajstić information content (AvgIpc) is 3.02. The van der Waals surface area contributed by atoms with Gasteiger partial charge >= 0.3 is 5.76 Å². The minimum Gasteiger partial charge on any atom is -0.497 e. The highest BCUT2D eigenvalue weighted by Gasteiger charge is 2.23. The van der Waals surface area contributed by atoms with Crippen molar-refractivity contribution in [3.63, 3.8) is 0 Å². The lowest BCUT2D eigenvalue weighted by Crippen LogP contribution is -2.51. The van der Waals surface area contributed by atoms with E-state index < -0.39 is 5.76 Å². The van der Waals surface area contributed by atoms with Gasteiger partial charge in [-0.3, -0.25) is 14.2 Å². The molecule has 138 valence electrons. The van der Waals surface area contributed by atoms with Crippen LogP contribution in [0.25, 0.3) is 11.3 Å². The maximum Gasteiger partial charge on any atom is 0.419 e. The predicted molar refractivity (Wildman–Crippen MR) is 93.8 cm³/mol. The lowest BCUT2D eigenvalue weighted by molar-refractivity contribution is -0.138. The van der Waals surface area contributed by atoms with Gasteiger partial charge in [-0.15, -0.1) is 0 Å². The molecule has 3 rings (SSSR count). The van der Waals surface area contributed by atoms with Crippen LogP contribution >= 0.6 is 0 Å². The van der Waals surface area contributed by atoms with Crippen LogP contribution in [-0.4, -0.2) is 59.5 Å². The summed E-state index contributed by atoms with van der Waals surface area (Å²) in [6.07, 6.45) is 1.54. The molecule has 8 nitrogen and oxygen atoms in total. The Labute approximate surface area is 150 Å². The molecule has 1 aliphatic heterocycles. The van der Waals surface area contributed by atoms with Crippen LogP contribution in [0, 0.1) is 0 Å². The summed E-state index contributed by atoms with van der Waals surface area (Å²) >= 11 is 0. The molecule has 26 heavy (non-hydrogen) atoms. The number of benzene rings is 1. The number of methoxy groups -OCH3 is 1. The van der Waals surface area contributed by atoms with Gasteiger partial charge in [-0.25, -0.2) is 4.79 Å². The summed E-state index contributed by atoms with van der Waals surface area (Å²) in [5, 5.41) is 0. The Morgan fingerprint density at radius 2 is 1.69 bits per heavy atom. The van der Waals surface area contributed by atoms with Crippen molar-refractivity contribution in [2.24, 2.45) is 0 Å². The summed E-state index contributed by atoms with van der Waals surface area (Å²) in [5.74, 6) is 0.360. The van der Waals surface area contributed by atoms with Crippen LogP contribution in [0.3, 0.4) is 0 Å². The number of nitrogens with zero attached hydrogens (tertiary/aromatic N) is 3. The van der Waals surface area contributed by atoms with Gasteiger partial charge in [-0.05, 0) is 24.3 Å². The second kappa shape index (κ2) is 7.47. The molecular formula is C18H21N3O5. The molecule has 1 fully saturated rings. The predicted octanol–water partition coefficient (Wildman–Crippen LogP) is 0.808. The molecule has 2 heterocycles. The Morgan fingerprint density at radius 3 is 2.27 bits per heavy atom. The topological polar surface area (TPSA) is 85.0 Å². The summed E-state index contributed by atoms with van der Waals surface area (Å²) < 4.78 is 11.6. The van der Waals surface area contributed by atoms with E-state index in [1.54, 1.807) is 41.2 Å². The van der Waals surface area contributed by atoms with E-state index in [1.165, 1.54) is 17.7 Å². The molecule has 2 aromatic rings. The van der Waals surface area contributed by atoms with E-state index in [-0.39, 0.29) is 18.4 Å². The first-order chi connectivity index (χ1) is 12.5. The Bertz CT molecular complexity index is 844. The first-order valence-electron chi connectivity index (χ1n) is 8.36. The van der Waals surface area contributed by atoms with Crippen molar-refractivity contribution in [2.75, 3.05) is 33.3 Å². The molecule has 1 aliphatic rings. The largest absolute Gasteiger partial charge is 0.497 e. The van der Waals surface area contributed by atoms with E-state index in [0.29, 0.717) is 37.7 Å². The van der Waals surface area contributed by atoms with Crippen LogP contribution in [0.2, 0.25) is 0 Å². The van der Waals surface area contributed by atoms with E-state index in [4.69, 9.17) is 9.15 Å². The second-order valence-electron chi connectivity index (χ2n) is 6.10. The number of aromatic nitrogens is 1. The third-order valence-corrected chi connectivity index (χ3v) is 4.46. The van der Waals surface area contributed by atoms with Crippen LogP contribution < -0.4 is 10.5 Å². The Morgan fingerprint density at radius 1 is 1.08 bits per heavy atom. The van der Waals surface area contributed by atoms with Gasteiger partial charge in [-0.1, -0.05) is 0 Å². The Kier molecular flexibility index (Phi) is 5.11. The molecule has 0 radical (unpaired) electrons. The summed E-state index contributed by atoms with van der Waals surface area (Å²) in [7, 11) is 1.58. The van der Waals surface area contributed by atoms with E-state index >= 15 is 0 Å². The molecule has 8 heteroatoms. The molecule has 1 aromatic carbocycles. The van der Waals surface area contributed by atoms with Crippen LogP contribution in [0.5, 0.6) is 5.75 Å². The molecule has 0 bridgehead atoms. The maximum absolute atomic E-state index is 12.4. The first-order valence-corrected chi connectivity index (χ1v) is 8.36. The molecule has 0 atom stereocenters. The summed E-state index contributed by atoms with van der Waals surface area (Å²) in [6.45, 7) is 3.39. The fourth-order valence-electron chi connectivity index (χ4n) is 2.89. The van der Waals surface area contributed by atoms with Crippen molar-refractivity contribution in [3.05, 3.63) is 41.0 Å². The molecule has 0 aliphatic carbocycles. The normalized spacial score (nSPS) is 14.4. The van der Waals surface area contributed by atoms with Crippen LogP contribution in [-0.2, 0) is 16.1 Å². The molecular weight excluding hydrogens is 338 g/mol. The van der Waals surface area contributed by atoms with Gasteiger partial charge in [0.1, 0.15) is 12.3 Å². The number of amides is 2. The first kappa shape index (κ1) is 17.8. The van der Waals surface area contributed by atoms with Crippen LogP contribution in [0.4, 0.5) is 0 Å². The number of ether oxygens (including phenoxy) is 1. The van der Waals surface area contributed by atoms with Gasteiger partial charge in [0.05, 0.1) is 13.3 Å². The number of carbonyl (C=O) groups is 2. The Hall–Kier alpha value is -3.03. The smallest absolute Gasteiger partial charge is 0.419 e. The average molecular weight is 359 g/mol. The number of piperazine rings is 1.